The van der Waals surface area contributed by atoms with E-state index in [1.165, 1.54) is 25.7 Å². The number of nitriles is 1. The Balaban J connectivity index is 0.000000399. The lowest BCUT2D eigenvalue weighted by atomic mass is 9.83. The molecule has 1 saturated heterocycles. The first-order valence-electron chi connectivity index (χ1n) is 7.22. The first-order valence-corrected chi connectivity index (χ1v) is 7.22. The van der Waals surface area contributed by atoms with E-state index >= 15 is 0 Å². The van der Waals surface area contributed by atoms with Crippen LogP contribution in [0.15, 0.2) is 0 Å². The summed E-state index contributed by atoms with van der Waals surface area (Å²) in [7, 11) is 1.80. The van der Waals surface area contributed by atoms with Gasteiger partial charge in [0.15, 0.2) is 0 Å². The Kier molecular flexibility index (Phi) is 7.56. The molecule has 2 rings (SSSR count). The summed E-state index contributed by atoms with van der Waals surface area (Å²) >= 11 is 0. The van der Waals surface area contributed by atoms with Crippen molar-refractivity contribution in [2.24, 2.45) is 5.92 Å². The Hall–Kier alpha value is -1.03. The molecule has 19 heavy (non-hydrogen) atoms. The molecule has 0 unspecified atom stereocenters. The Labute approximate surface area is 117 Å². The summed E-state index contributed by atoms with van der Waals surface area (Å²) in [6.45, 7) is 5.87. The molecule has 1 saturated carbocycles. The van der Waals surface area contributed by atoms with Gasteiger partial charge in [-0.25, -0.2) is 0 Å². The molecular weight excluding hydrogens is 236 g/mol. The molecule has 0 N–H and O–H groups in total. The van der Waals surface area contributed by atoms with Gasteiger partial charge in [0.25, 0.3) is 0 Å². The second-order valence-corrected chi connectivity index (χ2v) is 5.35. The lowest BCUT2D eigenvalue weighted by molar-refractivity contribution is -0.0594. The van der Waals surface area contributed by atoms with Crippen LogP contribution in [0.5, 0.6) is 0 Å². The third-order valence-electron chi connectivity index (χ3n) is 4.17. The lowest BCUT2D eigenvalue weighted by Gasteiger charge is -2.45. The first-order chi connectivity index (χ1) is 9.24. The molecular formula is C16H26N2O. The van der Waals surface area contributed by atoms with Gasteiger partial charge >= 0.3 is 0 Å². The molecule has 0 aromatic rings. The second-order valence-electron chi connectivity index (χ2n) is 5.35. The predicted octanol–water partition coefficient (Wildman–Crippen LogP) is 2.82. The molecule has 0 aromatic carbocycles. The maximum atomic E-state index is 8.64. The van der Waals surface area contributed by atoms with Crippen molar-refractivity contribution in [3.63, 3.8) is 0 Å². The van der Waals surface area contributed by atoms with E-state index in [-0.39, 0.29) is 0 Å². The van der Waals surface area contributed by atoms with E-state index in [4.69, 9.17) is 10.00 Å². The quantitative estimate of drug-likeness (QED) is 0.734. The number of hydrogen-bond donors (Lipinski definition) is 0. The Morgan fingerprint density at radius 1 is 1.11 bits per heavy atom. The second kappa shape index (κ2) is 8.97. The van der Waals surface area contributed by atoms with Gasteiger partial charge in [0.05, 0.1) is 12.2 Å². The van der Waals surface area contributed by atoms with Crippen LogP contribution < -0.4 is 0 Å². The SMILES string of the molecule is CC#CC.COC1CN(C2CCC(CC#N)CC2)C1. The number of ether oxygens (including phenoxy) is 1. The molecule has 0 atom stereocenters. The predicted molar refractivity (Wildman–Crippen MR) is 77.5 cm³/mol. The first kappa shape index (κ1) is 16.0. The van der Waals surface area contributed by atoms with Crippen LogP contribution in [0.1, 0.15) is 46.0 Å². The van der Waals surface area contributed by atoms with Crippen LogP contribution >= 0.6 is 0 Å². The number of hydrogen-bond acceptors (Lipinski definition) is 3. The fraction of sp³-hybridized carbons (Fsp3) is 0.812. The van der Waals surface area contributed by atoms with Crippen LogP contribution in [-0.2, 0) is 4.74 Å². The van der Waals surface area contributed by atoms with Crippen LogP contribution in [0.25, 0.3) is 0 Å². The Morgan fingerprint density at radius 2 is 1.68 bits per heavy atom. The minimum absolute atomic E-state index is 0.474. The molecule has 0 aromatic heterocycles. The van der Waals surface area contributed by atoms with Crippen molar-refractivity contribution in [2.45, 2.75) is 58.1 Å². The molecule has 3 nitrogen and oxygen atoms in total. The van der Waals surface area contributed by atoms with E-state index in [0.717, 1.165) is 25.6 Å². The summed E-state index contributed by atoms with van der Waals surface area (Å²) in [4.78, 5) is 2.54. The molecule has 0 radical (unpaired) electrons. The summed E-state index contributed by atoms with van der Waals surface area (Å²) in [6, 6.07) is 3.06. The summed E-state index contributed by atoms with van der Waals surface area (Å²) in [6.07, 6.45) is 6.28. The maximum Gasteiger partial charge on any atom is 0.0825 e. The summed E-state index contributed by atoms with van der Waals surface area (Å²) < 4.78 is 5.28. The van der Waals surface area contributed by atoms with Gasteiger partial charge in [-0.05, 0) is 45.4 Å². The molecule has 3 heteroatoms. The van der Waals surface area contributed by atoms with Gasteiger partial charge in [-0.15, -0.1) is 11.8 Å². The minimum Gasteiger partial charge on any atom is -0.379 e. The van der Waals surface area contributed by atoms with Crippen LogP contribution in [0.2, 0.25) is 0 Å². The monoisotopic (exact) mass is 262 g/mol. The van der Waals surface area contributed by atoms with Crippen LogP contribution in [0, 0.1) is 29.1 Å². The standard InChI is InChI=1S/C12H20N2O.C4H6/c1-15-12-8-14(9-12)11-4-2-10(3-5-11)6-7-13;1-3-4-2/h10-12H,2-6,8-9H2,1H3;1-2H3. The normalized spacial score (nSPS) is 27.1. The largest absolute Gasteiger partial charge is 0.379 e. The van der Waals surface area contributed by atoms with E-state index < -0.39 is 0 Å². The van der Waals surface area contributed by atoms with Gasteiger partial charge in [0, 0.05) is 32.7 Å². The molecule has 0 amide bonds. The van der Waals surface area contributed by atoms with Crippen molar-refractivity contribution in [1.29, 1.82) is 5.26 Å². The van der Waals surface area contributed by atoms with E-state index in [2.05, 4.69) is 22.8 Å². The molecule has 106 valence electrons. The summed E-state index contributed by atoms with van der Waals surface area (Å²) in [5, 5.41) is 8.64. The van der Waals surface area contributed by atoms with Gasteiger partial charge in [0.2, 0.25) is 0 Å². The van der Waals surface area contributed by atoms with Crippen LogP contribution in [-0.4, -0.2) is 37.2 Å². The van der Waals surface area contributed by atoms with E-state index in [1.54, 1.807) is 7.11 Å². The topological polar surface area (TPSA) is 36.3 Å². The Morgan fingerprint density at radius 3 is 2.11 bits per heavy atom. The zero-order valence-corrected chi connectivity index (χ0v) is 12.5. The Bertz CT molecular complexity index is 330. The molecule has 2 fully saturated rings. The van der Waals surface area contributed by atoms with Gasteiger partial charge in [-0.1, -0.05) is 0 Å². The van der Waals surface area contributed by atoms with Crippen molar-refractivity contribution >= 4 is 0 Å². The molecule has 1 heterocycles. The highest BCUT2D eigenvalue weighted by molar-refractivity contribution is 4.90. The zero-order valence-electron chi connectivity index (χ0n) is 12.5. The van der Waals surface area contributed by atoms with Gasteiger partial charge in [0.1, 0.15) is 0 Å². The zero-order chi connectivity index (χ0) is 14.1. The van der Waals surface area contributed by atoms with Crippen molar-refractivity contribution in [1.82, 2.24) is 4.90 Å². The van der Waals surface area contributed by atoms with E-state index in [1.807, 2.05) is 13.8 Å². The van der Waals surface area contributed by atoms with Crippen molar-refractivity contribution in [3.8, 4) is 17.9 Å². The minimum atomic E-state index is 0.474. The van der Waals surface area contributed by atoms with Gasteiger partial charge in [-0.3, -0.25) is 4.90 Å². The van der Waals surface area contributed by atoms with Crippen molar-refractivity contribution in [2.75, 3.05) is 20.2 Å². The van der Waals surface area contributed by atoms with Gasteiger partial charge in [-0.2, -0.15) is 5.26 Å². The third-order valence-corrected chi connectivity index (χ3v) is 4.17. The highest BCUT2D eigenvalue weighted by atomic mass is 16.5. The average Bonchev–Trinajstić information content (AvgIpc) is 2.40. The van der Waals surface area contributed by atoms with E-state index in [0.29, 0.717) is 12.0 Å². The number of nitrogens with zero attached hydrogens (tertiary/aromatic N) is 2. The van der Waals surface area contributed by atoms with Crippen molar-refractivity contribution < 1.29 is 4.74 Å². The number of methoxy groups -OCH3 is 1. The fourth-order valence-corrected chi connectivity index (χ4v) is 2.76. The lowest BCUT2D eigenvalue weighted by Crippen LogP contribution is -2.56. The molecule has 0 spiro atoms. The van der Waals surface area contributed by atoms with E-state index in [9.17, 15) is 0 Å². The average molecular weight is 262 g/mol. The maximum absolute atomic E-state index is 8.64. The van der Waals surface area contributed by atoms with Crippen LogP contribution in [0.3, 0.4) is 0 Å². The number of likely N-dealkylation sites (tertiary alicyclic amines) is 1. The molecule has 0 bridgehead atoms. The summed E-state index contributed by atoms with van der Waals surface area (Å²) in [5.74, 6) is 6.03. The summed E-state index contributed by atoms with van der Waals surface area (Å²) in [5.41, 5.74) is 0. The van der Waals surface area contributed by atoms with Crippen molar-refractivity contribution in [3.05, 3.63) is 0 Å². The fourth-order valence-electron chi connectivity index (χ4n) is 2.76. The molecule has 1 aliphatic carbocycles. The van der Waals surface area contributed by atoms with Crippen LogP contribution in [0.4, 0.5) is 0 Å². The molecule has 1 aliphatic heterocycles. The highest BCUT2D eigenvalue weighted by Crippen LogP contribution is 2.31. The van der Waals surface area contributed by atoms with Gasteiger partial charge < -0.3 is 4.74 Å². The number of rotatable bonds is 3. The molecule has 2 aliphatic rings. The highest BCUT2D eigenvalue weighted by Gasteiger charge is 2.34. The smallest absolute Gasteiger partial charge is 0.0825 e. The third kappa shape index (κ3) is 5.23.